The molecule has 1 aromatic rings. The first-order valence-corrected chi connectivity index (χ1v) is 8.68. The molecule has 4 nitrogen and oxygen atoms in total. The smallest absolute Gasteiger partial charge is 0.222 e. The van der Waals surface area contributed by atoms with Crippen LogP contribution in [0, 0.1) is 11.3 Å². The Labute approximate surface area is 138 Å². The van der Waals surface area contributed by atoms with Gasteiger partial charge in [0.2, 0.25) is 5.91 Å². The molecule has 0 aromatic heterocycles. The third kappa shape index (κ3) is 3.37. The van der Waals surface area contributed by atoms with E-state index in [1.807, 2.05) is 29.2 Å². The lowest BCUT2D eigenvalue weighted by Crippen LogP contribution is -2.37. The van der Waals surface area contributed by atoms with Gasteiger partial charge in [0.15, 0.2) is 0 Å². The normalized spacial score (nSPS) is 26.9. The number of aryl methyl sites for hydroxylation is 1. The van der Waals surface area contributed by atoms with Crippen LogP contribution < -0.4 is 4.74 Å². The number of methoxy groups -OCH3 is 1. The van der Waals surface area contributed by atoms with E-state index in [2.05, 4.69) is 0 Å². The van der Waals surface area contributed by atoms with Crippen LogP contribution in [0.4, 0.5) is 0 Å². The maximum Gasteiger partial charge on any atom is 0.222 e. The summed E-state index contributed by atoms with van der Waals surface area (Å²) in [7, 11) is 1.66. The highest BCUT2D eigenvalue weighted by Crippen LogP contribution is 2.46. The lowest BCUT2D eigenvalue weighted by atomic mass is 9.69. The Kier molecular flexibility index (Phi) is 4.90. The molecule has 0 unspecified atom stereocenters. The van der Waals surface area contributed by atoms with Crippen LogP contribution in [0.1, 0.15) is 37.7 Å². The van der Waals surface area contributed by atoms with Crippen molar-refractivity contribution >= 4 is 5.91 Å². The summed E-state index contributed by atoms with van der Waals surface area (Å²) < 4.78 is 5.23. The number of carbonyl (C=O) groups excluding carboxylic acids is 1. The Morgan fingerprint density at radius 1 is 1.43 bits per heavy atom. The van der Waals surface area contributed by atoms with Crippen molar-refractivity contribution in [1.82, 2.24) is 4.90 Å². The lowest BCUT2D eigenvalue weighted by Gasteiger charge is -2.36. The summed E-state index contributed by atoms with van der Waals surface area (Å²) >= 11 is 0. The SMILES string of the molecule is COc1cccc(CCC(=O)N2C[C@@H]3CCCC[C@]3(CO)C2)c1. The van der Waals surface area contributed by atoms with Crippen LogP contribution in [-0.2, 0) is 11.2 Å². The molecule has 2 fully saturated rings. The van der Waals surface area contributed by atoms with E-state index < -0.39 is 0 Å². The van der Waals surface area contributed by atoms with Gasteiger partial charge in [0, 0.05) is 24.9 Å². The Hall–Kier alpha value is -1.55. The molecular formula is C19H27NO3. The average Bonchev–Trinajstić information content (AvgIpc) is 3.00. The van der Waals surface area contributed by atoms with Crippen molar-refractivity contribution in [3.63, 3.8) is 0 Å². The maximum atomic E-state index is 12.6. The van der Waals surface area contributed by atoms with E-state index in [9.17, 15) is 9.90 Å². The van der Waals surface area contributed by atoms with Gasteiger partial charge in [0.1, 0.15) is 5.75 Å². The number of aliphatic hydroxyl groups is 1. The number of hydrogen-bond acceptors (Lipinski definition) is 3. The topological polar surface area (TPSA) is 49.8 Å². The largest absolute Gasteiger partial charge is 0.497 e. The summed E-state index contributed by atoms with van der Waals surface area (Å²) in [6.07, 6.45) is 5.90. The molecule has 2 aliphatic rings. The molecule has 0 spiro atoms. The molecule has 126 valence electrons. The summed E-state index contributed by atoms with van der Waals surface area (Å²) in [5.74, 6) is 1.54. The lowest BCUT2D eigenvalue weighted by molar-refractivity contribution is -0.130. The first-order chi connectivity index (χ1) is 11.2. The second-order valence-electron chi connectivity index (χ2n) is 7.09. The average molecular weight is 317 g/mol. The molecule has 2 atom stereocenters. The van der Waals surface area contributed by atoms with Crippen LogP contribution >= 0.6 is 0 Å². The molecular weight excluding hydrogens is 290 g/mol. The molecule has 1 aliphatic carbocycles. The summed E-state index contributed by atoms with van der Waals surface area (Å²) in [6, 6.07) is 7.91. The number of hydrogen-bond donors (Lipinski definition) is 1. The van der Waals surface area contributed by atoms with E-state index in [1.165, 1.54) is 12.8 Å². The molecule has 1 heterocycles. The molecule has 1 N–H and O–H groups in total. The van der Waals surface area contributed by atoms with Gasteiger partial charge in [-0.25, -0.2) is 0 Å². The zero-order chi connectivity index (χ0) is 16.3. The predicted molar refractivity (Wildman–Crippen MR) is 89.4 cm³/mol. The minimum atomic E-state index is -0.0239. The van der Waals surface area contributed by atoms with Crippen LogP contribution in [0.5, 0.6) is 5.75 Å². The van der Waals surface area contributed by atoms with E-state index in [4.69, 9.17) is 4.74 Å². The quantitative estimate of drug-likeness (QED) is 0.908. The van der Waals surface area contributed by atoms with E-state index in [-0.39, 0.29) is 17.9 Å². The number of benzene rings is 1. The fraction of sp³-hybridized carbons (Fsp3) is 0.632. The number of aliphatic hydroxyl groups excluding tert-OH is 1. The van der Waals surface area contributed by atoms with Gasteiger partial charge < -0.3 is 14.7 Å². The second-order valence-corrected chi connectivity index (χ2v) is 7.09. The minimum Gasteiger partial charge on any atom is -0.497 e. The Morgan fingerprint density at radius 2 is 2.30 bits per heavy atom. The molecule has 0 bridgehead atoms. The monoisotopic (exact) mass is 317 g/mol. The highest BCUT2D eigenvalue weighted by molar-refractivity contribution is 5.77. The fourth-order valence-electron chi connectivity index (χ4n) is 4.27. The second kappa shape index (κ2) is 6.91. The highest BCUT2D eigenvalue weighted by atomic mass is 16.5. The first-order valence-electron chi connectivity index (χ1n) is 8.68. The van der Waals surface area contributed by atoms with Gasteiger partial charge in [0.25, 0.3) is 0 Å². The molecule has 1 saturated carbocycles. The third-order valence-corrected chi connectivity index (χ3v) is 5.72. The van der Waals surface area contributed by atoms with Crippen molar-refractivity contribution in [3.8, 4) is 5.75 Å². The van der Waals surface area contributed by atoms with Crippen LogP contribution in [0.15, 0.2) is 24.3 Å². The first kappa shape index (κ1) is 16.3. The zero-order valence-corrected chi connectivity index (χ0v) is 14.0. The molecule has 1 aromatic carbocycles. The number of amides is 1. The Balaban J connectivity index is 1.58. The van der Waals surface area contributed by atoms with E-state index in [1.54, 1.807) is 7.11 Å². The number of fused-ring (bicyclic) bond motifs is 1. The number of carbonyl (C=O) groups is 1. The zero-order valence-electron chi connectivity index (χ0n) is 14.0. The van der Waals surface area contributed by atoms with Crippen molar-refractivity contribution < 1.29 is 14.6 Å². The number of nitrogens with zero attached hydrogens (tertiary/aromatic N) is 1. The van der Waals surface area contributed by atoms with Gasteiger partial charge >= 0.3 is 0 Å². The summed E-state index contributed by atoms with van der Waals surface area (Å²) in [4.78, 5) is 14.6. The van der Waals surface area contributed by atoms with E-state index in [0.717, 1.165) is 43.7 Å². The molecule has 23 heavy (non-hydrogen) atoms. The van der Waals surface area contributed by atoms with Gasteiger partial charge in [-0.2, -0.15) is 0 Å². The van der Waals surface area contributed by atoms with Crippen LogP contribution in [0.2, 0.25) is 0 Å². The van der Waals surface area contributed by atoms with Gasteiger partial charge in [-0.3, -0.25) is 4.79 Å². The van der Waals surface area contributed by atoms with Crippen LogP contribution in [-0.4, -0.2) is 42.7 Å². The minimum absolute atomic E-state index is 0.0239. The molecule has 0 radical (unpaired) electrons. The number of ether oxygens (including phenoxy) is 1. The molecule has 4 heteroatoms. The summed E-state index contributed by atoms with van der Waals surface area (Å²) in [5, 5.41) is 9.87. The molecule has 1 amide bonds. The number of likely N-dealkylation sites (tertiary alicyclic amines) is 1. The van der Waals surface area contributed by atoms with Gasteiger partial charge in [-0.15, -0.1) is 0 Å². The van der Waals surface area contributed by atoms with Gasteiger partial charge in [-0.05, 0) is 42.9 Å². The maximum absolute atomic E-state index is 12.6. The van der Waals surface area contributed by atoms with E-state index >= 15 is 0 Å². The molecule has 3 rings (SSSR count). The van der Waals surface area contributed by atoms with Crippen molar-refractivity contribution in [2.45, 2.75) is 38.5 Å². The van der Waals surface area contributed by atoms with Crippen molar-refractivity contribution in [3.05, 3.63) is 29.8 Å². The standard InChI is InChI=1S/C19H27NO3/c1-23-17-7-4-5-15(11-17)8-9-18(22)20-12-16-6-2-3-10-19(16,13-20)14-21/h4-5,7,11,16,21H,2-3,6,8-10,12-14H2,1H3/t16-,19+/m0/s1. The Morgan fingerprint density at radius 3 is 3.04 bits per heavy atom. The third-order valence-electron chi connectivity index (χ3n) is 5.72. The summed E-state index contributed by atoms with van der Waals surface area (Å²) in [5.41, 5.74) is 1.11. The van der Waals surface area contributed by atoms with Crippen LogP contribution in [0.25, 0.3) is 0 Å². The molecule has 1 aliphatic heterocycles. The molecule has 1 saturated heterocycles. The van der Waals surface area contributed by atoms with E-state index in [0.29, 0.717) is 12.3 Å². The van der Waals surface area contributed by atoms with Gasteiger partial charge in [0.05, 0.1) is 13.7 Å². The summed E-state index contributed by atoms with van der Waals surface area (Å²) in [6.45, 7) is 1.79. The van der Waals surface area contributed by atoms with Gasteiger partial charge in [-0.1, -0.05) is 25.0 Å². The fourth-order valence-corrected chi connectivity index (χ4v) is 4.27. The van der Waals surface area contributed by atoms with Crippen molar-refractivity contribution in [1.29, 1.82) is 0 Å². The van der Waals surface area contributed by atoms with Crippen LogP contribution in [0.3, 0.4) is 0 Å². The van der Waals surface area contributed by atoms with Crippen molar-refractivity contribution in [2.24, 2.45) is 11.3 Å². The van der Waals surface area contributed by atoms with Crippen molar-refractivity contribution in [2.75, 3.05) is 26.8 Å². The Bertz CT molecular complexity index is 559. The highest BCUT2D eigenvalue weighted by Gasteiger charge is 2.48. The number of rotatable bonds is 5. The predicted octanol–water partition coefficient (Wildman–Crippen LogP) is 2.64.